The lowest BCUT2D eigenvalue weighted by Crippen LogP contribution is -2.49. The molecule has 4 rings (SSSR count). The van der Waals surface area contributed by atoms with Crippen LogP contribution in [0.3, 0.4) is 0 Å². The second-order valence-corrected chi connectivity index (χ2v) is 6.86. The molecule has 2 aromatic rings. The van der Waals surface area contributed by atoms with Crippen molar-refractivity contribution in [3.8, 4) is 11.4 Å². The number of nitrogens with zero attached hydrogens (tertiary/aromatic N) is 5. The van der Waals surface area contributed by atoms with Crippen molar-refractivity contribution in [1.29, 1.82) is 0 Å². The van der Waals surface area contributed by atoms with Crippen LogP contribution in [0.15, 0.2) is 36.5 Å². The van der Waals surface area contributed by atoms with E-state index >= 15 is 0 Å². The first-order valence-electron chi connectivity index (χ1n) is 8.78. The summed E-state index contributed by atoms with van der Waals surface area (Å²) in [4.78, 5) is 28.1. The number of hydrogen-bond acceptors (Lipinski definition) is 5. The quantitative estimate of drug-likeness (QED) is 0.843. The number of aromatic nitrogens is 2. The Labute approximate surface area is 148 Å². The van der Waals surface area contributed by atoms with E-state index in [0.29, 0.717) is 6.54 Å². The van der Waals surface area contributed by atoms with Gasteiger partial charge in [0.1, 0.15) is 0 Å². The third-order valence-corrected chi connectivity index (χ3v) is 4.97. The van der Waals surface area contributed by atoms with Crippen LogP contribution >= 0.6 is 0 Å². The van der Waals surface area contributed by atoms with Gasteiger partial charge in [0.2, 0.25) is 5.91 Å². The summed E-state index contributed by atoms with van der Waals surface area (Å²) in [5, 5.41) is 0. The highest BCUT2D eigenvalue weighted by Crippen LogP contribution is 2.23. The fraction of sp³-hybridized carbons (Fsp3) is 0.421. The Kier molecular flexibility index (Phi) is 4.46. The van der Waals surface area contributed by atoms with E-state index in [1.807, 2.05) is 41.4 Å². The first-order chi connectivity index (χ1) is 12.2. The lowest BCUT2D eigenvalue weighted by atomic mass is 10.2. The van der Waals surface area contributed by atoms with Crippen molar-refractivity contribution < 1.29 is 4.79 Å². The first kappa shape index (κ1) is 16.2. The van der Waals surface area contributed by atoms with Crippen LogP contribution in [0.25, 0.3) is 11.4 Å². The van der Waals surface area contributed by atoms with Crippen LogP contribution in [0, 0.1) is 0 Å². The first-order valence-corrected chi connectivity index (χ1v) is 8.78. The Balaban J connectivity index is 1.40. The topological polar surface area (TPSA) is 52.6 Å². The Morgan fingerprint density at radius 2 is 1.84 bits per heavy atom. The minimum atomic E-state index is 0.220. The predicted octanol–water partition coefficient (Wildman–Crippen LogP) is 1.23. The van der Waals surface area contributed by atoms with Crippen molar-refractivity contribution in [3.63, 3.8) is 0 Å². The van der Waals surface area contributed by atoms with Gasteiger partial charge in [-0.05, 0) is 7.05 Å². The second kappa shape index (κ2) is 6.90. The zero-order chi connectivity index (χ0) is 17.2. The van der Waals surface area contributed by atoms with Crippen molar-refractivity contribution >= 4 is 5.91 Å². The van der Waals surface area contributed by atoms with E-state index in [0.717, 1.165) is 61.9 Å². The molecule has 2 aliphatic rings. The summed E-state index contributed by atoms with van der Waals surface area (Å²) in [5.41, 5.74) is 3.20. The maximum atomic E-state index is 12.5. The molecule has 0 bridgehead atoms. The molecule has 0 radical (unpaired) electrons. The number of amides is 1. The molecule has 130 valence electrons. The van der Waals surface area contributed by atoms with Crippen molar-refractivity contribution in [2.24, 2.45) is 0 Å². The summed E-state index contributed by atoms with van der Waals surface area (Å²) in [7, 11) is 2.10. The summed E-state index contributed by atoms with van der Waals surface area (Å²) >= 11 is 0. The Morgan fingerprint density at radius 1 is 1.08 bits per heavy atom. The van der Waals surface area contributed by atoms with E-state index in [1.165, 1.54) is 0 Å². The van der Waals surface area contributed by atoms with Gasteiger partial charge in [0.05, 0.1) is 12.2 Å². The fourth-order valence-corrected chi connectivity index (χ4v) is 3.40. The zero-order valence-electron chi connectivity index (χ0n) is 14.6. The smallest absolute Gasteiger partial charge is 0.236 e. The minimum Gasteiger partial charge on any atom is -0.339 e. The van der Waals surface area contributed by atoms with E-state index in [9.17, 15) is 4.79 Å². The Hall–Kier alpha value is -2.31. The van der Waals surface area contributed by atoms with E-state index < -0.39 is 0 Å². The van der Waals surface area contributed by atoms with Crippen LogP contribution in [0.4, 0.5) is 0 Å². The van der Waals surface area contributed by atoms with E-state index in [2.05, 4.69) is 21.8 Å². The average Bonchev–Trinajstić information content (AvgIpc) is 3.04. The summed E-state index contributed by atoms with van der Waals surface area (Å²) in [6, 6.07) is 10.0. The number of likely N-dealkylation sites (N-methyl/N-ethyl adjacent to an activating group) is 1. The number of rotatable bonds is 3. The molecule has 2 aliphatic heterocycles. The van der Waals surface area contributed by atoms with Crippen molar-refractivity contribution in [1.82, 2.24) is 24.7 Å². The number of benzene rings is 1. The molecule has 0 atom stereocenters. The summed E-state index contributed by atoms with van der Waals surface area (Å²) in [5.74, 6) is 0.976. The largest absolute Gasteiger partial charge is 0.339 e. The lowest BCUT2D eigenvalue weighted by molar-refractivity contribution is -0.134. The van der Waals surface area contributed by atoms with E-state index in [-0.39, 0.29) is 5.91 Å². The number of hydrogen-bond donors (Lipinski definition) is 0. The molecular weight excluding hydrogens is 314 g/mol. The molecule has 6 heteroatoms. The molecule has 0 spiro atoms. The maximum absolute atomic E-state index is 12.5. The third-order valence-electron chi connectivity index (χ3n) is 4.97. The van der Waals surface area contributed by atoms with Gasteiger partial charge in [0.15, 0.2) is 5.82 Å². The SMILES string of the molecule is CN1CCN(C(=O)CN2Cc3cnc(-c4ccccc4)nc3C2)CC1. The highest BCUT2D eigenvalue weighted by Gasteiger charge is 2.26. The molecule has 0 unspecified atom stereocenters. The molecule has 1 aromatic carbocycles. The molecule has 0 aliphatic carbocycles. The summed E-state index contributed by atoms with van der Waals surface area (Å²) in [6.45, 7) is 5.50. The fourth-order valence-electron chi connectivity index (χ4n) is 3.40. The van der Waals surface area contributed by atoms with Gasteiger partial charge in [0.25, 0.3) is 0 Å². The van der Waals surface area contributed by atoms with Gasteiger partial charge in [-0.1, -0.05) is 30.3 Å². The maximum Gasteiger partial charge on any atom is 0.236 e. The van der Waals surface area contributed by atoms with Gasteiger partial charge in [-0.15, -0.1) is 0 Å². The molecule has 1 amide bonds. The number of piperazine rings is 1. The molecule has 3 heterocycles. The Morgan fingerprint density at radius 3 is 2.60 bits per heavy atom. The van der Waals surface area contributed by atoms with Crippen LogP contribution in [0.5, 0.6) is 0 Å². The normalized spacial score (nSPS) is 18.4. The van der Waals surface area contributed by atoms with Crippen LogP contribution in [-0.2, 0) is 17.9 Å². The lowest BCUT2D eigenvalue weighted by Gasteiger charge is -2.33. The summed E-state index contributed by atoms with van der Waals surface area (Å²) in [6.07, 6.45) is 1.91. The molecule has 1 fully saturated rings. The Bertz CT molecular complexity index is 756. The van der Waals surface area contributed by atoms with Crippen molar-refractivity contribution in [2.45, 2.75) is 13.1 Å². The van der Waals surface area contributed by atoms with Gasteiger partial charge in [-0.25, -0.2) is 9.97 Å². The van der Waals surface area contributed by atoms with E-state index in [1.54, 1.807) is 0 Å². The van der Waals surface area contributed by atoms with Crippen LogP contribution in [-0.4, -0.2) is 70.3 Å². The number of carbonyl (C=O) groups is 1. The van der Waals surface area contributed by atoms with Gasteiger partial charge in [-0.2, -0.15) is 0 Å². The van der Waals surface area contributed by atoms with Gasteiger partial charge >= 0.3 is 0 Å². The van der Waals surface area contributed by atoms with Crippen LogP contribution < -0.4 is 0 Å². The van der Waals surface area contributed by atoms with E-state index in [4.69, 9.17) is 4.98 Å². The van der Waals surface area contributed by atoms with Crippen LogP contribution in [0.1, 0.15) is 11.3 Å². The standard InChI is InChI=1S/C19H23N5O/c1-22-7-9-24(10-8-22)18(25)14-23-12-16-11-20-19(21-17(16)13-23)15-5-3-2-4-6-15/h2-6,11H,7-10,12-14H2,1H3. The average molecular weight is 337 g/mol. The highest BCUT2D eigenvalue weighted by molar-refractivity contribution is 5.78. The minimum absolute atomic E-state index is 0.220. The number of carbonyl (C=O) groups excluding carboxylic acids is 1. The summed E-state index contributed by atoms with van der Waals surface area (Å²) < 4.78 is 0. The molecule has 1 saturated heterocycles. The monoisotopic (exact) mass is 337 g/mol. The molecule has 1 aromatic heterocycles. The van der Waals surface area contributed by atoms with Gasteiger partial charge in [0, 0.05) is 56.6 Å². The second-order valence-electron chi connectivity index (χ2n) is 6.86. The molecule has 0 N–H and O–H groups in total. The molecule has 6 nitrogen and oxygen atoms in total. The van der Waals surface area contributed by atoms with Gasteiger partial charge < -0.3 is 9.80 Å². The third kappa shape index (κ3) is 3.55. The highest BCUT2D eigenvalue weighted by atomic mass is 16.2. The molecular formula is C19H23N5O. The molecule has 0 saturated carbocycles. The molecule has 25 heavy (non-hydrogen) atoms. The van der Waals surface area contributed by atoms with Crippen molar-refractivity contribution in [2.75, 3.05) is 39.8 Å². The zero-order valence-corrected chi connectivity index (χ0v) is 14.6. The predicted molar refractivity (Wildman–Crippen MR) is 95.7 cm³/mol. The van der Waals surface area contributed by atoms with Gasteiger partial charge in [-0.3, -0.25) is 9.69 Å². The van der Waals surface area contributed by atoms with Crippen molar-refractivity contribution in [3.05, 3.63) is 47.8 Å². The van der Waals surface area contributed by atoms with Crippen LogP contribution in [0.2, 0.25) is 0 Å². The number of fused-ring (bicyclic) bond motifs is 1.